The first-order chi connectivity index (χ1) is 12.6. The van der Waals surface area contributed by atoms with Crippen molar-refractivity contribution in [3.05, 3.63) is 70.7 Å². The Hall–Kier alpha value is -2.53. The van der Waals surface area contributed by atoms with E-state index in [4.69, 9.17) is 16.3 Å². The summed E-state index contributed by atoms with van der Waals surface area (Å²) in [5.74, 6) is -0.141. The van der Waals surface area contributed by atoms with Crippen LogP contribution >= 0.6 is 11.6 Å². The summed E-state index contributed by atoms with van der Waals surface area (Å²) in [7, 11) is 0. The van der Waals surface area contributed by atoms with Gasteiger partial charge in [0.2, 0.25) is 0 Å². The Kier molecular flexibility index (Phi) is 6.12. The molecule has 1 saturated heterocycles. The lowest BCUT2D eigenvalue weighted by Crippen LogP contribution is -2.46. The number of amides is 2. The molecule has 1 heterocycles. The van der Waals surface area contributed by atoms with E-state index < -0.39 is 0 Å². The van der Waals surface area contributed by atoms with Gasteiger partial charge in [0.25, 0.3) is 5.91 Å². The van der Waals surface area contributed by atoms with Gasteiger partial charge >= 0.3 is 6.09 Å². The van der Waals surface area contributed by atoms with Crippen LogP contribution in [0.15, 0.2) is 54.6 Å². The summed E-state index contributed by atoms with van der Waals surface area (Å²) in [6.07, 6.45) is 1.09. The molecule has 6 heteroatoms. The Labute approximate surface area is 157 Å². The first-order valence-corrected chi connectivity index (χ1v) is 9.01. The lowest BCUT2D eigenvalue weighted by atomic mass is 10.0. The highest BCUT2D eigenvalue weighted by atomic mass is 35.5. The number of nitrogens with one attached hydrogen (secondary N) is 1. The average Bonchev–Trinajstić information content (AvgIpc) is 2.67. The van der Waals surface area contributed by atoms with Crippen LogP contribution in [0.5, 0.6) is 0 Å². The molecule has 2 amide bonds. The number of rotatable bonds is 4. The second kappa shape index (κ2) is 8.72. The molecule has 0 aromatic heterocycles. The summed E-state index contributed by atoms with van der Waals surface area (Å²) in [6.45, 7) is 1.40. The minimum absolute atomic E-state index is 0.0413. The van der Waals surface area contributed by atoms with Crippen LogP contribution < -0.4 is 5.32 Å². The molecule has 5 nitrogen and oxygen atoms in total. The Balaban J connectivity index is 1.43. The fourth-order valence-electron chi connectivity index (χ4n) is 2.92. The van der Waals surface area contributed by atoms with E-state index in [0.717, 1.165) is 5.56 Å². The van der Waals surface area contributed by atoms with Crippen LogP contribution in [-0.2, 0) is 11.3 Å². The number of halogens is 1. The molecule has 1 aliphatic heterocycles. The SMILES string of the molecule is O=C(NC1CCN(C(=O)OCc2ccccc2)CC1)c1cccc(Cl)c1. The number of benzene rings is 2. The monoisotopic (exact) mass is 372 g/mol. The van der Waals surface area contributed by atoms with Gasteiger partial charge in [-0.2, -0.15) is 0 Å². The Morgan fingerprint density at radius 1 is 1.08 bits per heavy atom. The fraction of sp³-hybridized carbons (Fsp3) is 0.300. The zero-order chi connectivity index (χ0) is 18.4. The quantitative estimate of drug-likeness (QED) is 0.886. The van der Waals surface area contributed by atoms with E-state index in [1.165, 1.54) is 0 Å². The summed E-state index contributed by atoms with van der Waals surface area (Å²) >= 11 is 5.92. The fourth-order valence-corrected chi connectivity index (χ4v) is 3.11. The third kappa shape index (κ3) is 4.99. The maximum atomic E-state index is 12.3. The lowest BCUT2D eigenvalue weighted by Gasteiger charge is -2.31. The lowest BCUT2D eigenvalue weighted by molar-refractivity contribution is 0.0809. The van der Waals surface area contributed by atoms with Crippen LogP contribution in [0.25, 0.3) is 0 Å². The minimum Gasteiger partial charge on any atom is -0.445 e. The van der Waals surface area contributed by atoms with Crippen LogP contribution in [0, 0.1) is 0 Å². The number of hydrogen-bond donors (Lipinski definition) is 1. The molecule has 0 spiro atoms. The maximum Gasteiger partial charge on any atom is 0.410 e. The third-order valence-corrected chi connectivity index (χ3v) is 4.62. The summed E-state index contributed by atoms with van der Waals surface area (Å²) in [5, 5.41) is 3.54. The van der Waals surface area contributed by atoms with E-state index in [-0.39, 0.29) is 24.6 Å². The Morgan fingerprint density at radius 2 is 1.81 bits per heavy atom. The summed E-state index contributed by atoms with van der Waals surface area (Å²) < 4.78 is 5.35. The summed E-state index contributed by atoms with van der Waals surface area (Å²) in [5.41, 5.74) is 1.51. The van der Waals surface area contributed by atoms with Gasteiger partial charge in [-0.05, 0) is 36.6 Å². The summed E-state index contributed by atoms with van der Waals surface area (Å²) in [6, 6.07) is 16.5. The number of carbonyl (C=O) groups excluding carboxylic acids is 2. The molecule has 0 unspecified atom stereocenters. The number of ether oxygens (including phenoxy) is 1. The molecule has 1 fully saturated rings. The third-order valence-electron chi connectivity index (χ3n) is 4.38. The van der Waals surface area contributed by atoms with E-state index in [9.17, 15) is 9.59 Å². The topological polar surface area (TPSA) is 58.6 Å². The Morgan fingerprint density at radius 3 is 2.50 bits per heavy atom. The number of likely N-dealkylation sites (tertiary alicyclic amines) is 1. The van der Waals surface area contributed by atoms with E-state index >= 15 is 0 Å². The predicted molar refractivity (Wildman–Crippen MR) is 100 cm³/mol. The second-order valence-electron chi connectivity index (χ2n) is 6.29. The largest absolute Gasteiger partial charge is 0.445 e. The van der Waals surface area contributed by atoms with E-state index in [2.05, 4.69) is 5.32 Å². The van der Waals surface area contributed by atoms with Crippen LogP contribution in [0.2, 0.25) is 5.02 Å². The van der Waals surface area contributed by atoms with Crippen molar-refractivity contribution in [3.63, 3.8) is 0 Å². The molecular weight excluding hydrogens is 352 g/mol. The smallest absolute Gasteiger partial charge is 0.410 e. The van der Waals surface area contributed by atoms with Gasteiger partial charge in [0.1, 0.15) is 6.61 Å². The van der Waals surface area contributed by atoms with Crippen LogP contribution in [0.4, 0.5) is 4.79 Å². The van der Waals surface area contributed by atoms with Gasteiger partial charge in [-0.1, -0.05) is 48.0 Å². The van der Waals surface area contributed by atoms with Crippen LogP contribution in [-0.4, -0.2) is 36.0 Å². The number of hydrogen-bond acceptors (Lipinski definition) is 3. The average molecular weight is 373 g/mol. The van der Waals surface area contributed by atoms with Gasteiger partial charge in [0.05, 0.1) is 0 Å². The molecule has 0 radical (unpaired) electrons. The molecule has 0 atom stereocenters. The molecular formula is C20H21ClN2O3. The summed E-state index contributed by atoms with van der Waals surface area (Å²) in [4.78, 5) is 26.1. The van der Waals surface area contributed by atoms with Gasteiger partial charge in [-0.3, -0.25) is 4.79 Å². The van der Waals surface area contributed by atoms with Crippen molar-refractivity contribution in [2.75, 3.05) is 13.1 Å². The Bertz CT molecular complexity index is 759. The van der Waals surface area contributed by atoms with Gasteiger partial charge < -0.3 is 15.0 Å². The molecule has 0 saturated carbocycles. The zero-order valence-electron chi connectivity index (χ0n) is 14.4. The molecule has 2 aromatic carbocycles. The van der Waals surface area contributed by atoms with Crippen molar-refractivity contribution in [3.8, 4) is 0 Å². The van der Waals surface area contributed by atoms with Gasteiger partial charge in [-0.25, -0.2) is 4.79 Å². The molecule has 3 rings (SSSR count). The second-order valence-corrected chi connectivity index (χ2v) is 6.72. The van der Waals surface area contributed by atoms with Gasteiger partial charge in [0, 0.05) is 29.7 Å². The first kappa shape index (κ1) is 18.3. The van der Waals surface area contributed by atoms with E-state index in [0.29, 0.717) is 36.5 Å². The molecule has 1 N–H and O–H groups in total. The van der Waals surface area contributed by atoms with E-state index in [1.54, 1.807) is 29.2 Å². The molecule has 136 valence electrons. The molecule has 26 heavy (non-hydrogen) atoms. The number of carbonyl (C=O) groups is 2. The molecule has 1 aliphatic rings. The van der Waals surface area contributed by atoms with Crippen molar-refractivity contribution >= 4 is 23.6 Å². The van der Waals surface area contributed by atoms with Crippen molar-refractivity contribution in [2.24, 2.45) is 0 Å². The standard InChI is InChI=1S/C20H21ClN2O3/c21-17-8-4-7-16(13-17)19(24)22-18-9-11-23(12-10-18)20(25)26-14-15-5-2-1-3-6-15/h1-8,13,18H,9-12,14H2,(H,22,24). The van der Waals surface area contributed by atoms with Crippen LogP contribution in [0.1, 0.15) is 28.8 Å². The predicted octanol–water partition coefficient (Wildman–Crippen LogP) is 3.87. The van der Waals surface area contributed by atoms with Gasteiger partial charge in [-0.15, -0.1) is 0 Å². The van der Waals surface area contributed by atoms with Crippen molar-refractivity contribution in [2.45, 2.75) is 25.5 Å². The zero-order valence-corrected chi connectivity index (χ0v) is 15.1. The molecule has 0 aliphatic carbocycles. The van der Waals surface area contributed by atoms with Crippen molar-refractivity contribution in [1.29, 1.82) is 0 Å². The van der Waals surface area contributed by atoms with Gasteiger partial charge in [0.15, 0.2) is 0 Å². The number of piperidine rings is 1. The van der Waals surface area contributed by atoms with Crippen LogP contribution in [0.3, 0.4) is 0 Å². The highest BCUT2D eigenvalue weighted by Gasteiger charge is 2.25. The maximum absolute atomic E-state index is 12.3. The molecule has 2 aromatic rings. The number of nitrogens with zero attached hydrogens (tertiary/aromatic N) is 1. The highest BCUT2D eigenvalue weighted by Crippen LogP contribution is 2.15. The van der Waals surface area contributed by atoms with E-state index in [1.807, 2.05) is 30.3 Å². The highest BCUT2D eigenvalue weighted by molar-refractivity contribution is 6.30. The molecule has 0 bridgehead atoms. The van der Waals surface area contributed by atoms with Crippen molar-refractivity contribution < 1.29 is 14.3 Å². The van der Waals surface area contributed by atoms with Crippen molar-refractivity contribution in [1.82, 2.24) is 10.2 Å². The first-order valence-electron chi connectivity index (χ1n) is 8.64. The minimum atomic E-state index is -0.312. The normalized spacial score (nSPS) is 14.7.